The van der Waals surface area contributed by atoms with Gasteiger partial charge >= 0.3 is 5.97 Å². The summed E-state index contributed by atoms with van der Waals surface area (Å²) < 4.78 is 25.9. The van der Waals surface area contributed by atoms with Crippen molar-refractivity contribution < 1.29 is 28.6 Å². The van der Waals surface area contributed by atoms with Crippen LogP contribution < -0.4 is 14.8 Å². The van der Waals surface area contributed by atoms with Gasteiger partial charge in [-0.15, -0.1) is 0 Å². The molecular formula is C29H32FNO5. The Balaban J connectivity index is 1.90. The van der Waals surface area contributed by atoms with E-state index in [1.165, 1.54) is 19.2 Å². The second kappa shape index (κ2) is 12.7. The second-order valence-corrected chi connectivity index (χ2v) is 9.03. The van der Waals surface area contributed by atoms with Crippen molar-refractivity contribution in [3.63, 3.8) is 0 Å². The number of benzene rings is 3. The number of para-hydroxylation sites is 1. The predicted octanol–water partition coefficient (Wildman–Crippen LogP) is 5.95. The minimum absolute atomic E-state index is 0.111. The van der Waals surface area contributed by atoms with Crippen LogP contribution in [-0.4, -0.2) is 24.1 Å². The molecule has 0 fully saturated rings. The van der Waals surface area contributed by atoms with E-state index in [0.29, 0.717) is 34.6 Å². The summed E-state index contributed by atoms with van der Waals surface area (Å²) >= 11 is 0. The van der Waals surface area contributed by atoms with Crippen LogP contribution in [0.4, 0.5) is 4.39 Å². The number of rotatable bonds is 12. The van der Waals surface area contributed by atoms with Gasteiger partial charge in [0.2, 0.25) is 0 Å². The largest absolute Gasteiger partial charge is 0.497 e. The van der Waals surface area contributed by atoms with Crippen molar-refractivity contribution in [3.05, 3.63) is 94.8 Å². The number of amides is 1. The molecule has 0 aliphatic carbocycles. The van der Waals surface area contributed by atoms with E-state index in [4.69, 9.17) is 14.6 Å². The second-order valence-electron chi connectivity index (χ2n) is 9.03. The van der Waals surface area contributed by atoms with E-state index < -0.39 is 23.7 Å². The molecule has 7 heteroatoms. The minimum Gasteiger partial charge on any atom is -0.497 e. The Kier molecular flexibility index (Phi) is 9.45. The molecule has 0 aliphatic heterocycles. The molecule has 36 heavy (non-hydrogen) atoms. The Morgan fingerprint density at radius 3 is 2.42 bits per heavy atom. The molecule has 0 saturated heterocycles. The van der Waals surface area contributed by atoms with Crippen LogP contribution in [0.15, 0.2) is 66.7 Å². The lowest BCUT2D eigenvalue weighted by Crippen LogP contribution is -2.31. The van der Waals surface area contributed by atoms with Crippen molar-refractivity contribution in [2.45, 2.75) is 45.8 Å². The Morgan fingerprint density at radius 2 is 1.75 bits per heavy atom. The molecule has 1 amide bonds. The molecule has 0 spiro atoms. The molecule has 0 aromatic heterocycles. The topological polar surface area (TPSA) is 84.9 Å². The molecular weight excluding hydrogens is 461 g/mol. The lowest BCUT2D eigenvalue weighted by Gasteiger charge is -2.23. The number of aliphatic carboxylic acids is 1. The molecule has 0 saturated carbocycles. The van der Waals surface area contributed by atoms with Crippen molar-refractivity contribution in [3.8, 4) is 11.5 Å². The number of carboxylic acids is 1. The molecule has 3 aromatic carbocycles. The maximum absolute atomic E-state index is 14.8. The lowest BCUT2D eigenvalue weighted by molar-refractivity contribution is -0.136. The van der Waals surface area contributed by atoms with Crippen LogP contribution in [0.5, 0.6) is 11.5 Å². The summed E-state index contributed by atoms with van der Waals surface area (Å²) in [7, 11) is 1.50. The van der Waals surface area contributed by atoms with Gasteiger partial charge in [-0.25, -0.2) is 4.39 Å². The van der Waals surface area contributed by atoms with Gasteiger partial charge in [-0.2, -0.15) is 0 Å². The molecule has 3 rings (SSSR count). The van der Waals surface area contributed by atoms with Crippen LogP contribution in [0.2, 0.25) is 0 Å². The first-order valence-corrected chi connectivity index (χ1v) is 11.9. The van der Waals surface area contributed by atoms with Crippen molar-refractivity contribution in [1.82, 2.24) is 5.32 Å². The maximum atomic E-state index is 14.8. The molecule has 1 atom stereocenters. The number of hydrogen-bond acceptors (Lipinski definition) is 4. The summed E-state index contributed by atoms with van der Waals surface area (Å²) in [6, 6.07) is 18.5. The zero-order chi connectivity index (χ0) is 26.1. The van der Waals surface area contributed by atoms with Gasteiger partial charge in [0.25, 0.3) is 5.91 Å². The molecule has 2 N–H and O–H groups in total. The third-order valence-corrected chi connectivity index (χ3v) is 5.77. The summed E-state index contributed by atoms with van der Waals surface area (Å²) in [6.07, 6.45) is 0.595. The molecule has 0 radical (unpaired) electrons. The molecule has 0 heterocycles. The molecule has 0 aliphatic rings. The predicted molar refractivity (Wildman–Crippen MR) is 136 cm³/mol. The SMILES string of the molecule is COc1ccc(F)c(C(CC(C)C)NC(=O)c2cc(COc3ccccc3)ccc2CCC(=O)O)c1. The van der Waals surface area contributed by atoms with Crippen molar-refractivity contribution in [2.75, 3.05) is 7.11 Å². The molecule has 190 valence electrons. The van der Waals surface area contributed by atoms with Crippen molar-refractivity contribution >= 4 is 11.9 Å². The van der Waals surface area contributed by atoms with Gasteiger partial charge in [-0.1, -0.05) is 44.2 Å². The standard InChI is InChI=1S/C29H32FNO5/c1-19(2)15-27(25-17-23(35-3)12-13-26(25)30)31-29(34)24-16-20(9-10-21(24)11-14-28(32)33)18-36-22-7-5-4-6-8-22/h4-10,12-13,16-17,19,27H,11,14-15,18H2,1-3H3,(H,31,34)(H,32,33). The molecule has 6 nitrogen and oxygen atoms in total. The molecule has 3 aromatic rings. The van der Waals surface area contributed by atoms with E-state index >= 15 is 0 Å². The average Bonchev–Trinajstić information content (AvgIpc) is 2.86. The smallest absolute Gasteiger partial charge is 0.303 e. The first-order chi connectivity index (χ1) is 17.3. The van der Waals surface area contributed by atoms with E-state index in [1.54, 1.807) is 18.2 Å². The highest BCUT2D eigenvalue weighted by Crippen LogP contribution is 2.28. The third kappa shape index (κ3) is 7.57. The van der Waals surface area contributed by atoms with Gasteiger partial charge < -0.3 is 19.9 Å². The number of halogens is 1. The number of nitrogens with one attached hydrogen (secondary N) is 1. The van der Waals surface area contributed by atoms with E-state index in [1.807, 2.05) is 50.2 Å². The fourth-order valence-corrected chi connectivity index (χ4v) is 3.95. The number of aryl methyl sites for hydroxylation is 1. The summed E-state index contributed by atoms with van der Waals surface area (Å²) in [5.41, 5.74) is 2.05. The quantitative estimate of drug-likeness (QED) is 0.326. The third-order valence-electron chi connectivity index (χ3n) is 5.77. The fraction of sp³-hybridized carbons (Fsp3) is 0.310. The zero-order valence-electron chi connectivity index (χ0n) is 20.8. The van der Waals surface area contributed by atoms with Gasteiger partial charge in [0, 0.05) is 17.5 Å². The van der Waals surface area contributed by atoms with E-state index in [9.17, 15) is 14.0 Å². The van der Waals surface area contributed by atoms with Gasteiger partial charge in [0.15, 0.2) is 0 Å². The zero-order valence-corrected chi connectivity index (χ0v) is 20.8. The Bertz CT molecular complexity index is 1180. The molecule has 1 unspecified atom stereocenters. The Morgan fingerprint density at radius 1 is 1.00 bits per heavy atom. The highest BCUT2D eigenvalue weighted by molar-refractivity contribution is 5.96. The summed E-state index contributed by atoms with van der Waals surface area (Å²) in [4.78, 5) is 24.7. The minimum atomic E-state index is -0.950. The summed E-state index contributed by atoms with van der Waals surface area (Å²) in [5.74, 6) is -0.407. The van der Waals surface area contributed by atoms with Crippen LogP contribution in [0, 0.1) is 11.7 Å². The number of ether oxygens (including phenoxy) is 2. The highest BCUT2D eigenvalue weighted by atomic mass is 19.1. The van der Waals surface area contributed by atoms with E-state index in [2.05, 4.69) is 5.32 Å². The van der Waals surface area contributed by atoms with Crippen LogP contribution >= 0.6 is 0 Å². The van der Waals surface area contributed by atoms with E-state index in [0.717, 1.165) is 5.56 Å². The van der Waals surface area contributed by atoms with Gasteiger partial charge in [-0.05, 0) is 66.3 Å². The number of methoxy groups -OCH3 is 1. The van der Waals surface area contributed by atoms with Crippen molar-refractivity contribution in [1.29, 1.82) is 0 Å². The van der Waals surface area contributed by atoms with Crippen molar-refractivity contribution in [2.24, 2.45) is 5.92 Å². The van der Waals surface area contributed by atoms with Gasteiger partial charge in [0.1, 0.15) is 23.9 Å². The summed E-state index contributed by atoms with van der Waals surface area (Å²) in [5, 5.41) is 12.1. The summed E-state index contributed by atoms with van der Waals surface area (Å²) in [6.45, 7) is 4.23. The van der Waals surface area contributed by atoms with Crippen LogP contribution in [0.3, 0.4) is 0 Å². The fourth-order valence-electron chi connectivity index (χ4n) is 3.95. The van der Waals surface area contributed by atoms with Crippen LogP contribution in [-0.2, 0) is 17.8 Å². The van der Waals surface area contributed by atoms with Crippen LogP contribution in [0.25, 0.3) is 0 Å². The van der Waals surface area contributed by atoms with E-state index in [-0.39, 0.29) is 25.4 Å². The maximum Gasteiger partial charge on any atom is 0.303 e. The first kappa shape index (κ1) is 26.7. The number of carbonyl (C=O) groups excluding carboxylic acids is 1. The highest BCUT2D eigenvalue weighted by Gasteiger charge is 2.23. The Labute approximate surface area is 211 Å². The average molecular weight is 494 g/mol. The van der Waals surface area contributed by atoms with Gasteiger partial charge in [-0.3, -0.25) is 9.59 Å². The van der Waals surface area contributed by atoms with Gasteiger partial charge in [0.05, 0.1) is 13.2 Å². The lowest BCUT2D eigenvalue weighted by atomic mass is 9.94. The first-order valence-electron chi connectivity index (χ1n) is 11.9. The normalized spacial score (nSPS) is 11.7. The van der Waals surface area contributed by atoms with Crippen LogP contribution in [0.1, 0.15) is 59.8 Å². The number of carbonyl (C=O) groups is 2. The number of hydrogen-bond donors (Lipinski definition) is 2. The molecule has 0 bridgehead atoms. The number of carboxylic acid groups (broad SMARTS) is 1. The monoisotopic (exact) mass is 493 g/mol. The Hall–Kier alpha value is -3.87.